The van der Waals surface area contributed by atoms with E-state index in [1.165, 1.54) is 72.3 Å². The van der Waals surface area contributed by atoms with Gasteiger partial charge >= 0.3 is 0 Å². The molecule has 0 heteroatoms. The molecule has 0 amide bonds. The highest BCUT2D eigenvalue weighted by molar-refractivity contribution is 5.87. The molecule has 180 valence electrons. The zero-order valence-corrected chi connectivity index (χ0v) is 22.3. The molecule has 0 saturated carbocycles. The molecule has 5 aromatic carbocycles. The molecule has 0 spiro atoms. The molecule has 2 aliphatic carbocycles. The fraction of sp³-hybridized carbons (Fsp3) is 0.189. The maximum Gasteiger partial charge on any atom is 0.0159 e. The summed E-state index contributed by atoms with van der Waals surface area (Å²) in [6.07, 6.45) is 0. The Hall–Kier alpha value is -3.90. The Bertz CT molecular complexity index is 1710. The predicted octanol–water partition coefficient (Wildman–Crippen LogP) is 9.94. The molecule has 0 aliphatic heterocycles. The van der Waals surface area contributed by atoms with Crippen LogP contribution in [0.15, 0.2) is 103 Å². The summed E-state index contributed by atoms with van der Waals surface area (Å²) in [6.45, 7) is 11.6. The maximum absolute atomic E-state index is 2.44. The van der Waals surface area contributed by atoms with Gasteiger partial charge in [0.2, 0.25) is 0 Å². The van der Waals surface area contributed by atoms with E-state index < -0.39 is 0 Å². The van der Waals surface area contributed by atoms with E-state index in [9.17, 15) is 0 Å². The van der Waals surface area contributed by atoms with Crippen LogP contribution in [0.25, 0.3) is 44.5 Å². The number of hydrogen-bond donors (Lipinski definition) is 0. The van der Waals surface area contributed by atoms with Gasteiger partial charge in [-0.25, -0.2) is 0 Å². The molecule has 2 aliphatic rings. The summed E-state index contributed by atoms with van der Waals surface area (Å²) in [4.78, 5) is 0. The molecule has 7 rings (SSSR count). The minimum Gasteiger partial charge on any atom is -0.0619 e. The summed E-state index contributed by atoms with van der Waals surface area (Å²) < 4.78 is 0. The number of aryl methyl sites for hydroxylation is 1. The van der Waals surface area contributed by atoms with Gasteiger partial charge < -0.3 is 0 Å². The van der Waals surface area contributed by atoms with Crippen molar-refractivity contribution in [2.75, 3.05) is 0 Å². The van der Waals surface area contributed by atoms with Crippen LogP contribution in [0.4, 0.5) is 0 Å². The fourth-order valence-electron chi connectivity index (χ4n) is 6.73. The van der Waals surface area contributed by atoms with Gasteiger partial charge in [-0.3, -0.25) is 0 Å². The van der Waals surface area contributed by atoms with Crippen molar-refractivity contribution in [3.8, 4) is 44.5 Å². The van der Waals surface area contributed by atoms with Crippen molar-refractivity contribution >= 4 is 0 Å². The first kappa shape index (κ1) is 22.3. The Labute approximate surface area is 220 Å². The first-order chi connectivity index (χ1) is 17.7. The Morgan fingerprint density at radius 2 is 0.757 bits per heavy atom. The van der Waals surface area contributed by atoms with Crippen molar-refractivity contribution in [1.29, 1.82) is 0 Å². The van der Waals surface area contributed by atoms with Crippen molar-refractivity contribution in [2.24, 2.45) is 0 Å². The van der Waals surface area contributed by atoms with Gasteiger partial charge in [-0.2, -0.15) is 0 Å². The minimum absolute atomic E-state index is 0.0144. The van der Waals surface area contributed by atoms with E-state index in [4.69, 9.17) is 0 Å². The quantitative estimate of drug-likeness (QED) is 0.238. The lowest BCUT2D eigenvalue weighted by Gasteiger charge is -2.23. The summed E-state index contributed by atoms with van der Waals surface area (Å²) in [6, 6.07) is 38.9. The van der Waals surface area contributed by atoms with Gasteiger partial charge in [0.05, 0.1) is 0 Å². The van der Waals surface area contributed by atoms with Gasteiger partial charge in [-0.15, -0.1) is 0 Å². The van der Waals surface area contributed by atoms with Crippen molar-refractivity contribution in [2.45, 2.75) is 45.4 Å². The van der Waals surface area contributed by atoms with Crippen molar-refractivity contribution in [1.82, 2.24) is 0 Å². The monoisotopic (exact) mass is 476 g/mol. The van der Waals surface area contributed by atoms with Crippen LogP contribution in [0.3, 0.4) is 0 Å². The van der Waals surface area contributed by atoms with Gasteiger partial charge in [0, 0.05) is 10.8 Å². The average molecular weight is 477 g/mol. The molecule has 0 fully saturated rings. The van der Waals surface area contributed by atoms with Crippen LogP contribution in [-0.2, 0) is 10.8 Å². The summed E-state index contributed by atoms with van der Waals surface area (Å²) in [5, 5.41) is 0. The highest BCUT2D eigenvalue weighted by Crippen LogP contribution is 2.52. The van der Waals surface area contributed by atoms with E-state index in [-0.39, 0.29) is 10.8 Å². The third kappa shape index (κ3) is 3.15. The van der Waals surface area contributed by atoms with Crippen LogP contribution < -0.4 is 0 Å². The van der Waals surface area contributed by atoms with Gasteiger partial charge in [0.25, 0.3) is 0 Å². The average Bonchev–Trinajstić information content (AvgIpc) is 3.28. The van der Waals surface area contributed by atoms with Crippen LogP contribution >= 0.6 is 0 Å². The molecule has 0 radical (unpaired) electrons. The third-order valence-electron chi connectivity index (χ3n) is 8.98. The number of benzene rings is 5. The number of rotatable bonds is 2. The second kappa shape index (κ2) is 7.56. The van der Waals surface area contributed by atoms with Gasteiger partial charge in [-0.1, -0.05) is 118 Å². The summed E-state index contributed by atoms with van der Waals surface area (Å²) in [7, 11) is 0. The predicted molar refractivity (Wildman–Crippen MR) is 157 cm³/mol. The van der Waals surface area contributed by atoms with Crippen LogP contribution in [0.2, 0.25) is 0 Å². The molecule has 0 heterocycles. The third-order valence-corrected chi connectivity index (χ3v) is 8.98. The van der Waals surface area contributed by atoms with E-state index in [1.807, 2.05) is 0 Å². The van der Waals surface area contributed by atoms with Gasteiger partial charge in [0.15, 0.2) is 0 Å². The fourth-order valence-corrected chi connectivity index (χ4v) is 6.73. The Kier molecular flexibility index (Phi) is 4.56. The number of hydrogen-bond acceptors (Lipinski definition) is 0. The normalized spacial score (nSPS) is 15.6. The van der Waals surface area contributed by atoms with Gasteiger partial charge in [-0.05, 0) is 91.9 Å². The second-order valence-electron chi connectivity index (χ2n) is 11.9. The van der Waals surface area contributed by atoms with Crippen LogP contribution in [-0.4, -0.2) is 0 Å². The molecule has 37 heavy (non-hydrogen) atoms. The van der Waals surface area contributed by atoms with Crippen molar-refractivity contribution in [3.05, 3.63) is 131 Å². The standard InChI is InChI=1S/C37H32/c1-23-10-12-24(13-11-23)25-14-17-30-31-19-16-27(22-35(31)37(4,5)34(30)20-25)26-15-18-29-28-8-6-7-9-32(28)36(2,3)33(29)21-26/h6-22H,1-5H3. The lowest BCUT2D eigenvalue weighted by atomic mass is 9.80. The smallest absolute Gasteiger partial charge is 0.0159 e. The summed E-state index contributed by atoms with van der Waals surface area (Å²) in [5.74, 6) is 0. The zero-order valence-electron chi connectivity index (χ0n) is 22.3. The Balaban J connectivity index is 1.31. The molecule has 0 nitrogen and oxygen atoms in total. The SMILES string of the molecule is Cc1ccc(-c2ccc3c(c2)C(C)(C)c2cc(-c4ccc5c(c4)C(C)(C)c4ccccc4-5)ccc2-3)cc1. The second-order valence-corrected chi connectivity index (χ2v) is 11.9. The summed E-state index contributed by atoms with van der Waals surface area (Å²) >= 11 is 0. The molecular formula is C37H32. The highest BCUT2D eigenvalue weighted by atomic mass is 14.4. The van der Waals surface area contributed by atoms with E-state index in [2.05, 4.69) is 138 Å². The molecule has 0 saturated heterocycles. The minimum atomic E-state index is -0.0480. The highest BCUT2D eigenvalue weighted by Gasteiger charge is 2.37. The van der Waals surface area contributed by atoms with E-state index >= 15 is 0 Å². The molecular weight excluding hydrogens is 444 g/mol. The molecule has 0 bridgehead atoms. The van der Waals surface area contributed by atoms with Crippen molar-refractivity contribution < 1.29 is 0 Å². The first-order valence-electron chi connectivity index (χ1n) is 13.4. The van der Waals surface area contributed by atoms with Crippen LogP contribution in [0.5, 0.6) is 0 Å². The van der Waals surface area contributed by atoms with Gasteiger partial charge in [0.1, 0.15) is 0 Å². The molecule has 0 aromatic heterocycles. The van der Waals surface area contributed by atoms with Crippen LogP contribution in [0.1, 0.15) is 55.5 Å². The molecule has 5 aromatic rings. The first-order valence-corrected chi connectivity index (χ1v) is 13.4. The van der Waals surface area contributed by atoms with E-state index in [0.717, 1.165) is 0 Å². The topological polar surface area (TPSA) is 0 Å². The Morgan fingerprint density at radius 3 is 1.27 bits per heavy atom. The van der Waals surface area contributed by atoms with Crippen LogP contribution in [0, 0.1) is 6.92 Å². The largest absolute Gasteiger partial charge is 0.0619 e. The maximum atomic E-state index is 2.44. The van der Waals surface area contributed by atoms with E-state index in [1.54, 1.807) is 0 Å². The number of fused-ring (bicyclic) bond motifs is 6. The molecule has 0 unspecified atom stereocenters. The molecule has 0 atom stereocenters. The Morgan fingerprint density at radius 1 is 0.378 bits per heavy atom. The zero-order chi connectivity index (χ0) is 25.5. The lowest BCUT2D eigenvalue weighted by Crippen LogP contribution is -2.15. The molecule has 0 N–H and O–H groups in total. The summed E-state index contributed by atoms with van der Waals surface area (Å²) in [5.41, 5.74) is 17.6. The lowest BCUT2D eigenvalue weighted by molar-refractivity contribution is 0.659. The van der Waals surface area contributed by atoms with Crippen molar-refractivity contribution in [3.63, 3.8) is 0 Å². The van der Waals surface area contributed by atoms with E-state index in [0.29, 0.717) is 0 Å².